The number of amides is 3. The monoisotopic (exact) mass is 617 g/mol. The topological polar surface area (TPSA) is 118 Å². The van der Waals surface area contributed by atoms with Crippen LogP contribution < -0.4 is 5.32 Å². The smallest absolute Gasteiger partial charge is 0.410 e. The summed E-state index contributed by atoms with van der Waals surface area (Å²) in [6.45, 7) is 11.9. The van der Waals surface area contributed by atoms with Crippen molar-refractivity contribution in [2.45, 2.75) is 96.9 Å². The average molecular weight is 618 g/mol. The van der Waals surface area contributed by atoms with E-state index in [0.717, 1.165) is 29.4 Å². The minimum Gasteiger partial charge on any atom is -0.456 e. The summed E-state index contributed by atoms with van der Waals surface area (Å²) in [6.07, 6.45) is 2.01. The number of hydrogen-bond donors (Lipinski definition) is 1. The highest BCUT2D eigenvalue weighted by molar-refractivity contribution is 5.97. The van der Waals surface area contributed by atoms with Crippen LogP contribution in [0.25, 0.3) is 22.3 Å². The quantitative estimate of drug-likeness (QED) is 0.318. The van der Waals surface area contributed by atoms with Crippen LogP contribution in [0.1, 0.15) is 72.8 Å². The lowest BCUT2D eigenvalue weighted by Gasteiger charge is -2.28. The van der Waals surface area contributed by atoms with E-state index in [1.165, 1.54) is 4.90 Å². The molecule has 2 fully saturated rings. The predicted molar refractivity (Wildman–Crippen MR) is 171 cm³/mol. The number of carbonyl (C=O) groups is 4. The van der Waals surface area contributed by atoms with E-state index in [-0.39, 0.29) is 18.1 Å². The Morgan fingerprint density at radius 1 is 0.800 bits per heavy atom. The van der Waals surface area contributed by atoms with Gasteiger partial charge in [0.15, 0.2) is 5.78 Å². The third kappa shape index (κ3) is 7.85. The van der Waals surface area contributed by atoms with E-state index in [2.05, 4.69) is 5.32 Å². The molecule has 45 heavy (non-hydrogen) atoms. The van der Waals surface area contributed by atoms with Gasteiger partial charge in [-0.3, -0.25) is 19.4 Å². The van der Waals surface area contributed by atoms with E-state index < -0.39 is 35.5 Å². The van der Waals surface area contributed by atoms with Gasteiger partial charge in [-0.1, -0.05) is 6.07 Å². The normalized spacial score (nSPS) is 18.7. The number of ether oxygens (including phenoxy) is 2. The van der Waals surface area contributed by atoms with Gasteiger partial charge < -0.3 is 19.2 Å². The summed E-state index contributed by atoms with van der Waals surface area (Å²) in [6, 6.07) is 13.9. The van der Waals surface area contributed by atoms with Crippen molar-refractivity contribution in [2.24, 2.45) is 0 Å². The number of benzene rings is 2. The van der Waals surface area contributed by atoms with Gasteiger partial charge in [0.05, 0.1) is 6.04 Å². The number of Topliss-reactive ketones (excluding diaryl/α,β-unsaturated/α-hetero) is 1. The highest BCUT2D eigenvalue weighted by Gasteiger charge is 2.37. The Hall–Kier alpha value is -4.34. The van der Waals surface area contributed by atoms with Crippen LogP contribution in [0.5, 0.6) is 0 Å². The van der Waals surface area contributed by atoms with Crippen LogP contribution >= 0.6 is 0 Å². The van der Waals surface area contributed by atoms with E-state index in [1.54, 1.807) is 37.8 Å². The van der Waals surface area contributed by atoms with Gasteiger partial charge in [0.1, 0.15) is 28.6 Å². The van der Waals surface area contributed by atoms with Crippen molar-refractivity contribution < 1.29 is 33.1 Å². The molecule has 3 aromatic rings. The largest absolute Gasteiger partial charge is 0.456 e. The maximum absolute atomic E-state index is 13.2. The number of rotatable bonds is 6. The molecular weight excluding hydrogens is 574 g/mol. The van der Waals surface area contributed by atoms with Crippen molar-refractivity contribution in [1.82, 2.24) is 9.80 Å². The fraction of sp³-hybridized carbons (Fsp3) is 0.486. The van der Waals surface area contributed by atoms with Gasteiger partial charge in [0.2, 0.25) is 5.91 Å². The van der Waals surface area contributed by atoms with Crippen LogP contribution in [0, 0.1) is 0 Å². The minimum absolute atomic E-state index is 0.00844. The zero-order chi connectivity index (χ0) is 32.5. The van der Waals surface area contributed by atoms with Gasteiger partial charge in [0, 0.05) is 36.1 Å². The molecule has 0 spiro atoms. The fourth-order valence-corrected chi connectivity index (χ4v) is 5.83. The van der Waals surface area contributed by atoms with Gasteiger partial charge in [-0.05, 0) is 115 Å². The zero-order valence-electron chi connectivity index (χ0n) is 27.0. The molecule has 1 aromatic heterocycles. The number of ketones is 1. The maximum atomic E-state index is 13.2. The Morgan fingerprint density at radius 2 is 1.38 bits per heavy atom. The van der Waals surface area contributed by atoms with Crippen molar-refractivity contribution >= 4 is 40.5 Å². The third-order valence-electron chi connectivity index (χ3n) is 7.83. The molecule has 10 nitrogen and oxygen atoms in total. The first-order chi connectivity index (χ1) is 21.2. The number of nitrogens with one attached hydrogen (secondary N) is 1. The maximum Gasteiger partial charge on any atom is 0.410 e. The molecule has 2 aromatic carbocycles. The summed E-state index contributed by atoms with van der Waals surface area (Å²) in [5.41, 5.74) is 1.74. The summed E-state index contributed by atoms with van der Waals surface area (Å²) in [7, 11) is 0. The number of anilines is 1. The van der Waals surface area contributed by atoms with Crippen LogP contribution in [-0.4, -0.2) is 70.1 Å². The average Bonchev–Trinajstić information content (AvgIpc) is 3.71. The first-order valence-electron chi connectivity index (χ1n) is 15.6. The fourth-order valence-electron chi connectivity index (χ4n) is 5.83. The predicted octanol–water partition coefficient (Wildman–Crippen LogP) is 6.95. The standard InChI is InChI=1S/C35H43N3O7/c1-34(2,3)44-32(41)37-17-7-9-26(37)28(39)20-22-11-16-29-24(19-22)21-30(43-29)23-12-14-25(15-13-23)36-31(40)27-10-8-18-38(27)33(42)45-35(4,5)6/h11-16,19,21,26-27H,7-10,17-18,20H2,1-6H3,(H,36,40)/t26-,27-/m0/s1. The molecule has 0 unspecified atom stereocenters. The Balaban J connectivity index is 1.22. The molecule has 1 N–H and O–H groups in total. The zero-order valence-corrected chi connectivity index (χ0v) is 27.0. The van der Waals surface area contributed by atoms with Gasteiger partial charge in [-0.2, -0.15) is 0 Å². The molecule has 2 atom stereocenters. The van der Waals surface area contributed by atoms with Gasteiger partial charge in [-0.25, -0.2) is 9.59 Å². The van der Waals surface area contributed by atoms with E-state index >= 15 is 0 Å². The summed E-state index contributed by atoms with van der Waals surface area (Å²) in [5.74, 6) is 0.403. The summed E-state index contributed by atoms with van der Waals surface area (Å²) in [4.78, 5) is 54.6. The summed E-state index contributed by atoms with van der Waals surface area (Å²) >= 11 is 0. The second kappa shape index (κ2) is 12.6. The number of carbonyl (C=O) groups excluding carboxylic acids is 4. The van der Waals surface area contributed by atoms with Crippen molar-refractivity contribution in [3.8, 4) is 11.3 Å². The van der Waals surface area contributed by atoms with E-state index in [9.17, 15) is 19.2 Å². The molecule has 2 aliphatic heterocycles. The molecule has 240 valence electrons. The van der Waals surface area contributed by atoms with E-state index in [0.29, 0.717) is 43.0 Å². The summed E-state index contributed by atoms with van der Waals surface area (Å²) < 4.78 is 17.1. The molecule has 0 radical (unpaired) electrons. The van der Waals surface area contributed by atoms with Gasteiger partial charge in [-0.15, -0.1) is 0 Å². The number of hydrogen-bond acceptors (Lipinski definition) is 7. The first kappa shape index (κ1) is 32.1. The molecule has 0 bridgehead atoms. The van der Waals surface area contributed by atoms with Crippen molar-refractivity contribution in [1.29, 1.82) is 0 Å². The summed E-state index contributed by atoms with van der Waals surface area (Å²) in [5, 5.41) is 3.79. The molecule has 3 amide bonds. The van der Waals surface area contributed by atoms with Crippen LogP contribution in [0.15, 0.2) is 52.9 Å². The van der Waals surface area contributed by atoms with Crippen LogP contribution in [0.3, 0.4) is 0 Å². The molecule has 10 heteroatoms. The van der Waals surface area contributed by atoms with Crippen LogP contribution in [-0.2, 0) is 25.5 Å². The first-order valence-corrected chi connectivity index (χ1v) is 15.6. The molecule has 0 aliphatic carbocycles. The molecule has 0 saturated carbocycles. The van der Waals surface area contributed by atoms with Gasteiger partial charge in [0.25, 0.3) is 0 Å². The minimum atomic E-state index is -0.632. The third-order valence-corrected chi connectivity index (χ3v) is 7.83. The second-order valence-electron chi connectivity index (χ2n) is 13.9. The SMILES string of the molecule is CC(C)(C)OC(=O)N1CCC[C@H]1C(=O)Cc1ccc2oc(-c3ccc(NC(=O)[C@@H]4CCCN4C(=O)OC(C)(C)C)cc3)cc2c1. The highest BCUT2D eigenvalue weighted by Crippen LogP contribution is 2.31. The van der Waals surface area contributed by atoms with Crippen molar-refractivity contribution in [3.63, 3.8) is 0 Å². The molecule has 2 aliphatic rings. The Kier molecular flexibility index (Phi) is 8.96. The molecule has 3 heterocycles. The van der Waals surface area contributed by atoms with E-state index in [1.807, 2.05) is 57.2 Å². The lowest BCUT2D eigenvalue weighted by molar-refractivity contribution is -0.122. The Labute approximate surface area is 264 Å². The van der Waals surface area contributed by atoms with Crippen molar-refractivity contribution in [2.75, 3.05) is 18.4 Å². The lowest BCUT2D eigenvalue weighted by Crippen LogP contribution is -2.45. The number of nitrogens with zero attached hydrogens (tertiary/aromatic N) is 2. The molecule has 5 rings (SSSR count). The Morgan fingerprint density at radius 3 is 1.98 bits per heavy atom. The lowest BCUT2D eigenvalue weighted by atomic mass is 10.0. The number of fused-ring (bicyclic) bond motifs is 1. The van der Waals surface area contributed by atoms with Crippen molar-refractivity contribution in [3.05, 3.63) is 54.1 Å². The van der Waals surface area contributed by atoms with Gasteiger partial charge >= 0.3 is 12.2 Å². The number of furan rings is 1. The van der Waals surface area contributed by atoms with E-state index in [4.69, 9.17) is 13.9 Å². The van der Waals surface area contributed by atoms with Crippen LogP contribution in [0.4, 0.5) is 15.3 Å². The van der Waals surface area contributed by atoms with Crippen LogP contribution in [0.2, 0.25) is 0 Å². The second-order valence-corrected chi connectivity index (χ2v) is 13.9. The number of likely N-dealkylation sites (tertiary alicyclic amines) is 2. The molecule has 2 saturated heterocycles. The Bertz CT molecular complexity index is 1580. The molecular formula is C35H43N3O7. The highest BCUT2D eigenvalue weighted by atomic mass is 16.6.